The summed E-state index contributed by atoms with van der Waals surface area (Å²) in [6, 6.07) is 0. The van der Waals surface area contributed by atoms with Crippen molar-refractivity contribution in [1.29, 1.82) is 0 Å². The Labute approximate surface area is 131 Å². The van der Waals surface area contributed by atoms with Crippen LogP contribution in [0.5, 0.6) is 0 Å². The van der Waals surface area contributed by atoms with E-state index in [4.69, 9.17) is 0 Å². The molecule has 0 aliphatic carbocycles. The van der Waals surface area contributed by atoms with Gasteiger partial charge in [-0.25, -0.2) is 0 Å². The van der Waals surface area contributed by atoms with Crippen molar-refractivity contribution in [2.75, 3.05) is 45.8 Å². The second-order valence-corrected chi connectivity index (χ2v) is 6.77. The van der Waals surface area contributed by atoms with Gasteiger partial charge in [-0.05, 0) is 53.6 Å². The van der Waals surface area contributed by atoms with Gasteiger partial charge in [0, 0.05) is 31.7 Å². The molecule has 0 atom stereocenters. The monoisotopic (exact) mass is 297 g/mol. The van der Waals surface area contributed by atoms with Crippen LogP contribution >= 0.6 is 0 Å². The topological polar surface area (TPSA) is 51.7 Å². The van der Waals surface area contributed by atoms with Gasteiger partial charge in [-0.3, -0.25) is 4.99 Å². The van der Waals surface area contributed by atoms with Crippen LogP contribution in [0.3, 0.4) is 0 Å². The van der Waals surface area contributed by atoms with Crippen LogP contribution in [-0.4, -0.2) is 62.2 Å². The number of rotatable bonds is 7. The number of hydrogen-bond acceptors (Lipinski definition) is 3. The van der Waals surface area contributed by atoms with Crippen molar-refractivity contribution in [1.82, 2.24) is 20.9 Å². The molecule has 5 heteroatoms. The zero-order valence-electron chi connectivity index (χ0n) is 14.5. The highest BCUT2D eigenvalue weighted by atomic mass is 15.2. The maximum absolute atomic E-state index is 4.61. The molecule has 0 unspecified atom stereocenters. The molecule has 0 aromatic heterocycles. The van der Waals surface area contributed by atoms with Crippen molar-refractivity contribution >= 4 is 5.96 Å². The Hall–Kier alpha value is -0.810. The number of nitrogens with zero attached hydrogens (tertiary/aromatic N) is 2. The Morgan fingerprint density at radius 2 is 1.76 bits per heavy atom. The lowest BCUT2D eigenvalue weighted by molar-refractivity contribution is 0.232. The molecule has 0 saturated carbocycles. The summed E-state index contributed by atoms with van der Waals surface area (Å²) in [5, 5.41) is 10.2. The standard InChI is InChI=1S/C16H35N5/c1-5-17-15(18-9-10-20-16(2,3)4)19-11-14-21-12-7-6-8-13-21/h20H,5-14H2,1-4H3,(H2,17,18,19). The van der Waals surface area contributed by atoms with Crippen molar-refractivity contribution in [3.05, 3.63) is 0 Å². The molecule has 1 aliphatic heterocycles. The van der Waals surface area contributed by atoms with Crippen LogP contribution < -0.4 is 16.0 Å². The maximum Gasteiger partial charge on any atom is 0.191 e. The summed E-state index contributed by atoms with van der Waals surface area (Å²) < 4.78 is 0. The number of nitrogens with one attached hydrogen (secondary N) is 3. The van der Waals surface area contributed by atoms with Gasteiger partial charge in [0.2, 0.25) is 0 Å². The quantitative estimate of drug-likeness (QED) is 0.378. The highest BCUT2D eigenvalue weighted by molar-refractivity contribution is 5.79. The van der Waals surface area contributed by atoms with Crippen LogP contribution in [0.25, 0.3) is 0 Å². The molecule has 0 aromatic carbocycles. The molecule has 5 nitrogen and oxygen atoms in total. The lowest BCUT2D eigenvalue weighted by Gasteiger charge is -2.26. The fourth-order valence-electron chi connectivity index (χ4n) is 2.46. The first-order chi connectivity index (χ1) is 10.0. The van der Waals surface area contributed by atoms with Gasteiger partial charge in [0.15, 0.2) is 5.96 Å². The predicted octanol–water partition coefficient (Wildman–Crippen LogP) is 1.42. The highest BCUT2D eigenvalue weighted by Gasteiger charge is 2.09. The lowest BCUT2D eigenvalue weighted by atomic mass is 10.1. The Morgan fingerprint density at radius 3 is 2.38 bits per heavy atom. The molecule has 3 N–H and O–H groups in total. The first-order valence-electron chi connectivity index (χ1n) is 8.51. The SMILES string of the molecule is CCNC(=NCCNC(C)(C)C)NCCN1CCCCC1. The fraction of sp³-hybridized carbons (Fsp3) is 0.938. The molecule has 0 spiro atoms. The summed E-state index contributed by atoms with van der Waals surface area (Å²) >= 11 is 0. The molecule has 1 aliphatic rings. The number of piperidine rings is 1. The predicted molar refractivity (Wildman–Crippen MR) is 92.0 cm³/mol. The van der Waals surface area contributed by atoms with Gasteiger partial charge in [0.25, 0.3) is 0 Å². The van der Waals surface area contributed by atoms with Gasteiger partial charge in [-0.1, -0.05) is 6.42 Å². The highest BCUT2D eigenvalue weighted by Crippen LogP contribution is 2.07. The molecule has 0 bridgehead atoms. The van der Waals surface area contributed by atoms with E-state index in [0.29, 0.717) is 0 Å². The summed E-state index contributed by atoms with van der Waals surface area (Å²) in [7, 11) is 0. The average Bonchev–Trinajstić information content (AvgIpc) is 2.43. The zero-order valence-corrected chi connectivity index (χ0v) is 14.5. The second-order valence-electron chi connectivity index (χ2n) is 6.77. The lowest BCUT2D eigenvalue weighted by Crippen LogP contribution is -2.43. The molecule has 0 amide bonds. The summed E-state index contributed by atoms with van der Waals surface area (Å²) in [5.41, 5.74) is 0.162. The number of guanidine groups is 1. The Kier molecular flexibility index (Phi) is 8.69. The van der Waals surface area contributed by atoms with Crippen molar-refractivity contribution in [3.8, 4) is 0 Å². The molecule has 1 saturated heterocycles. The molecule has 1 fully saturated rings. The molecule has 124 valence electrons. The van der Waals surface area contributed by atoms with Crippen LogP contribution in [0.4, 0.5) is 0 Å². The van der Waals surface area contributed by atoms with Gasteiger partial charge < -0.3 is 20.9 Å². The largest absolute Gasteiger partial charge is 0.357 e. The van der Waals surface area contributed by atoms with Crippen LogP contribution in [-0.2, 0) is 0 Å². The van der Waals surface area contributed by atoms with Gasteiger partial charge >= 0.3 is 0 Å². The van der Waals surface area contributed by atoms with E-state index >= 15 is 0 Å². The van der Waals surface area contributed by atoms with Gasteiger partial charge in [0.05, 0.1) is 6.54 Å². The van der Waals surface area contributed by atoms with Crippen molar-refractivity contribution < 1.29 is 0 Å². The van der Waals surface area contributed by atoms with E-state index in [1.54, 1.807) is 0 Å². The molecule has 21 heavy (non-hydrogen) atoms. The smallest absolute Gasteiger partial charge is 0.191 e. The van der Waals surface area contributed by atoms with Crippen LogP contribution in [0.1, 0.15) is 47.0 Å². The van der Waals surface area contributed by atoms with Gasteiger partial charge in [-0.2, -0.15) is 0 Å². The Balaban J connectivity index is 2.21. The summed E-state index contributed by atoms with van der Waals surface area (Å²) in [6.45, 7) is 15.9. The third-order valence-corrected chi connectivity index (χ3v) is 3.55. The molecular weight excluding hydrogens is 262 g/mol. The van der Waals surface area contributed by atoms with E-state index in [-0.39, 0.29) is 5.54 Å². The van der Waals surface area contributed by atoms with E-state index in [0.717, 1.165) is 38.7 Å². The van der Waals surface area contributed by atoms with E-state index in [1.165, 1.54) is 32.4 Å². The third-order valence-electron chi connectivity index (χ3n) is 3.55. The van der Waals surface area contributed by atoms with Gasteiger partial charge in [0.1, 0.15) is 0 Å². The summed E-state index contributed by atoms with van der Waals surface area (Å²) in [4.78, 5) is 7.16. The fourth-order valence-corrected chi connectivity index (χ4v) is 2.46. The number of hydrogen-bond donors (Lipinski definition) is 3. The molecule has 1 rings (SSSR count). The van der Waals surface area contributed by atoms with E-state index < -0.39 is 0 Å². The summed E-state index contributed by atoms with van der Waals surface area (Å²) in [6.07, 6.45) is 4.11. The Morgan fingerprint density at radius 1 is 1.05 bits per heavy atom. The summed E-state index contributed by atoms with van der Waals surface area (Å²) in [5.74, 6) is 0.935. The first kappa shape index (κ1) is 18.2. The maximum atomic E-state index is 4.61. The van der Waals surface area contributed by atoms with Crippen molar-refractivity contribution in [2.45, 2.75) is 52.5 Å². The van der Waals surface area contributed by atoms with Crippen molar-refractivity contribution in [2.24, 2.45) is 4.99 Å². The minimum Gasteiger partial charge on any atom is -0.357 e. The van der Waals surface area contributed by atoms with Crippen LogP contribution in [0.15, 0.2) is 4.99 Å². The van der Waals surface area contributed by atoms with Gasteiger partial charge in [-0.15, -0.1) is 0 Å². The minimum atomic E-state index is 0.162. The van der Waals surface area contributed by atoms with E-state index in [2.05, 4.69) is 53.5 Å². The van der Waals surface area contributed by atoms with Crippen LogP contribution in [0.2, 0.25) is 0 Å². The third kappa shape index (κ3) is 9.69. The average molecular weight is 297 g/mol. The second kappa shape index (κ2) is 10.0. The minimum absolute atomic E-state index is 0.162. The molecule has 0 radical (unpaired) electrons. The van der Waals surface area contributed by atoms with E-state index in [1.807, 2.05) is 0 Å². The molecule has 1 heterocycles. The normalized spacial score (nSPS) is 17.8. The number of aliphatic imine (C=N–C) groups is 1. The van der Waals surface area contributed by atoms with Crippen LogP contribution in [0, 0.1) is 0 Å². The zero-order chi connectivity index (χ0) is 15.6. The molecular formula is C16H35N5. The molecule has 0 aromatic rings. The van der Waals surface area contributed by atoms with E-state index in [9.17, 15) is 0 Å². The Bertz CT molecular complexity index is 290. The van der Waals surface area contributed by atoms with Crippen molar-refractivity contribution in [3.63, 3.8) is 0 Å². The first-order valence-corrected chi connectivity index (χ1v) is 8.51. The number of likely N-dealkylation sites (tertiary alicyclic amines) is 1.